The van der Waals surface area contributed by atoms with Gasteiger partial charge in [0.2, 0.25) is 11.1 Å². The number of hydrogen-bond donors (Lipinski definition) is 1. The highest BCUT2D eigenvalue weighted by atomic mass is 32.2. The maximum atomic E-state index is 12.9. The molecule has 1 aromatic heterocycles. The quantitative estimate of drug-likeness (QED) is 0.733. The zero-order valence-electron chi connectivity index (χ0n) is 18.8. The molecular formula is C22H32N6O2S. The number of nitrogens with zero attached hydrogens (tertiary/aromatic N) is 5. The smallest absolute Gasteiger partial charge is 0.321 e. The molecule has 2 aromatic rings. The first-order valence-electron chi connectivity index (χ1n) is 10.9. The van der Waals surface area contributed by atoms with Crippen molar-refractivity contribution in [1.29, 1.82) is 0 Å². The Balaban J connectivity index is 1.32. The van der Waals surface area contributed by atoms with Crippen LogP contribution in [0.3, 0.4) is 0 Å². The Hall–Kier alpha value is -2.42. The van der Waals surface area contributed by atoms with E-state index in [0.717, 1.165) is 61.8 Å². The number of benzene rings is 1. The van der Waals surface area contributed by atoms with Gasteiger partial charge in [0.25, 0.3) is 0 Å². The lowest BCUT2D eigenvalue weighted by Gasteiger charge is -2.39. The first-order chi connectivity index (χ1) is 14.8. The number of amides is 3. The molecule has 0 radical (unpaired) electrons. The first kappa shape index (κ1) is 21.8. The van der Waals surface area contributed by atoms with Crippen molar-refractivity contribution < 1.29 is 9.59 Å². The second kappa shape index (κ2) is 8.61. The second-order valence-corrected chi connectivity index (χ2v) is 10.2. The van der Waals surface area contributed by atoms with Gasteiger partial charge in [-0.25, -0.2) is 14.3 Å². The zero-order chi connectivity index (χ0) is 22.2. The van der Waals surface area contributed by atoms with Crippen molar-refractivity contribution >= 4 is 29.4 Å². The summed E-state index contributed by atoms with van der Waals surface area (Å²) in [7, 11) is 3.91. The zero-order valence-corrected chi connectivity index (χ0v) is 19.6. The number of aromatic nitrogens is 3. The lowest BCUT2D eigenvalue weighted by Crippen LogP contribution is -2.46. The van der Waals surface area contributed by atoms with Crippen molar-refractivity contribution in [2.45, 2.75) is 43.5 Å². The van der Waals surface area contributed by atoms with E-state index in [-0.39, 0.29) is 22.6 Å². The molecule has 0 bridgehead atoms. The molecule has 0 saturated carbocycles. The molecule has 0 aliphatic carbocycles. The molecule has 1 aromatic carbocycles. The van der Waals surface area contributed by atoms with E-state index in [4.69, 9.17) is 0 Å². The van der Waals surface area contributed by atoms with Gasteiger partial charge in [0, 0.05) is 58.1 Å². The molecule has 2 aliphatic rings. The highest BCUT2D eigenvalue weighted by Gasteiger charge is 2.42. The van der Waals surface area contributed by atoms with Gasteiger partial charge in [-0.1, -0.05) is 23.9 Å². The monoisotopic (exact) mass is 444 g/mol. The minimum atomic E-state index is -0.0431. The largest absolute Gasteiger partial charge is 0.342 e. The normalized spacial score (nSPS) is 19.1. The lowest BCUT2D eigenvalue weighted by molar-refractivity contribution is -0.128. The van der Waals surface area contributed by atoms with Crippen LogP contribution in [0.1, 0.15) is 43.9 Å². The number of likely N-dealkylation sites (tertiary alicyclic amines) is 2. The van der Waals surface area contributed by atoms with Crippen LogP contribution in [0.15, 0.2) is 29.4 Å². The van der Waals surface area contributed by atoms with E-state index >= 15 is 0 Å². The predicted octanol–water partition coefficient (Wildman–Crippen LogP) is 3.48. The molecule has 1 N–H and O–H groups in total. The molecule has 0 unspecified atom stereocenters. The molecule has 2 fully saturated rings. The van der Waals surface area contributed by atoms with Gasteiger partial charge in [-0.3, -0.25) is 4.79 Å². The number of thioether (sulfide) groups is 1. The summed E-state index contributed by atoms with van der Waals surface area (Å²) in [6, 6.07) is 8.01. The standard InChI is InChI=1S/C22H32N6O2S/c1-16(31-21-24-26(4)25(21)3)18-6-5-7-19(14-18)23-20(30)27-11-8-22(9-12-27)10-13-28(15-22)17(2)29/h5-7,14,16H,8-13,15H2,1-4H3,(H,23,30)/t16-/m0/s1. The van der Waals surface area contributed by atoms with Crippen molar-refractivity contribution in [3.8, 4) is 0 Å². The van der Waals surface area contributed by atoms with Crippen LogP contribution in [0.2, 0.25) is 0 Å². The molecule has 2 aliphatic heterocycles. The highest BCUT2D eigenvalue weighted by molar-refractivity contribution is 7.99. The maximum absolute atomic E-state index is 12.9. The molecule has 4 rings (SSSR count). The summed E-state index contributed by atoms with van der Waals surface area (Å²) in [4.78, 5) is 30.2. The van der Waals surface area contributed by atoms with Gasteiger partial charge in [0.05, 0.1) is 0 Å². The Kier molecular flexibility index (Phi) is 6.05. The van der Waals surface area contributed by atoms with Crippen molar-refractivity contribution in [2.75, 3.05) is 31.5 Å². The van der Waals surface area contributed by atoms with Crippen LogP contribution in [0.4, 0.5) is 10.5 Å². The number of urea groups is 1. The molecule has 2 saturated heterocycles. The van der Waals surface area contributed by atoms with Gasteiger partial charge >= 0.3 is 6.03 Å². The van der Waals surface area contributed by atoms with Crippen LogP contribution < -0.4 is 5.32 Å². The highest BCUT2D eigenvalue weighted by Crippen LogP contribution is 2.40. The summed E-state index contributed by atoms with van der Waals surface area (Å²) in [5.41, 5.74) is 2.17. The van der Waals surface area contributed by atoms with Gasteiger partial charge in [-0.2, -0.15) is 0 Å². The summed E-state index contributed by atoms with van der Waals surface area (Å²) in [5, 5.41) is 8.68. The Morgan fingerprint density at radius 2 is 1.81 bits per heavy atom. The van der Waals surface area contributed by atoms with Gasteiger partial charge < -0.3 is 15.1 Å². The van der Waals surface area contributed by atoms with E-state index in [0.29, 0.717) is 0 Å². The molecule has 8 nitrogen and oxygen atoms in total. The van der Waals surface area contributed by atoms with E-state index in [2.05, 4.69) is 23.4 Å². The van der Waals surface area contributed by atoms with E-state index in [1.807, 2.05) is 46.8 Å². The lowest BCUT2D eigenvalue weighted by atomic mass is 9.78. The fourth-order valence-electron chi connectivity index (χ4n) is 4.54. The number of nitrogens with one attached hydrogen (secondary N) is 1. The molecule has 168 valence electrons. The van der Waals surface area contributed by atoms with Crippen molar-refractivity contribution in [3.05, 3.63) is 29.8 Å². The maximum Gasteiger partial charge on any atom is 0.321 e. The van der Waals surface area contributed by atoms with E-state index in [1.54, 1.807) is 23.5 Å². The van der Waals surface area contributed by atoms with Crippen molar-refractivity contribution in [1.82, 2.24) is 24.4 Å². The van der Waals surface area contributed by atoms with E-state index < -0.39 is 0 Å². The van der Waals surface area contributed by atoms with Crippen LogP contribution in [0.25, 0.3) is 0 Å². The molecule has 31 heavy (non-hydrogen) atoms. The Bertz CT molecular complexity index is 959. The van der Waals surface area contributed by atoms with Crippen LogP contribution in [-0.4, -0.2) is 62.5 Å². The van der Waals surface area contributed by atoms with Crippen LogP contribution in [0.5, 0.6) is 0 Å². The fraction of sp³-hybridized carbons (Fsp3) is 0.591. The summed E-state index contributed by atoms with van der Waals surface area (Å²) < 4.78 is 2.01. The van der Waals surface area contributed by atoms with Crippen molar-refractivity contribution in [2.24, 2.45) is 19.5 Å². The third-order valence-corrected chi connectivity index (χ3v) is 8.01. The van der Waals surface area contributed by atoms with Crippen LogP contribution >= 0.6 is 11.8 Å². The van der Waals surface area contributed by atoms with Gasteiger partial charge in [0.15, 0.2) is 0 Å². The second-order valence-electron chi connectivity index (χ2n) is 8.89. The first-order valence-corrected chi connectivity index (χ1v) is 11.8. The summed E-state index contributed by atoms with van der Waals surface area (Å²) in [5.74, 6) is 0.160. The number of aryl methyl sites for hydroxylation is 1. The molecule has 3 amide bonds. The SMILES string of the molecule is CC(=O)N1CCC2(CCN(C(=O)Nc3cccc([C@H](C)Sc4nn(C)n4C)c3)CC2)C1. The average Bonchev–Trinajstić information content (AvgIpc) is 3.17. The number of piperidine rings is 1. The average molecular weight is 445 g/mol. The number of anilines is 1. The number of carbonyl (C=O) groups is 2. The van der Waals surface area contributed by atoms with E-state index in [9.17, 15) is 9.59 Å². The van der Waals surface area contributed by atoms with Gasteiger partial charge in [-0.05, 0) is 49.3 Å². The minimum absolute atomic E-state index is 0.0431. The molecule has 1 atom stereocenters. The Labute approximate surface area is 187 Å². The summed E-state index contributed by atoms with van der Waals surface area (Å²) in [6.07, 6.45) is 2.97. The van der Waals surface area contributed by atoms with Crippen LogP contribution in [-0.2, 0) is 18.9 Å². The topological polar surface area (TPSA) is 75.4 Å². The number of rotatable bonds is 4. The Morgan fingerprint density at radius 3 is 2.39 bits per heavy atom. The summed E-state index contributed by atoms with van der Waals surface area (Å²) in [6.45, 7) is 6.96. The number of hydrogen-bond acceptors (Lipinski definition) is 4. The Morgan fingerprint density at radius 1 is 1.13 bits per heavy atom. The third kappa shape index (κ3) is 4.61. The molecule has 3 heterocycles. The molecule has 1 spiro atoms. The summed E-state index contributed by atoms with van der Waals surface area (Å²) >= 11 is 1.70. The van der Waals surface area contributed by atoms with Crippen molar-refractivity contribution in [3.63, 3.8) is 0 Å². The van der Waals surface area contributed by atoms with Gasteiger partial charge in [0.1, 0.15) is 0 Å². The number of carbonyl (C=O) groups excluding carboxylic acids is 2. The minimum Gasteiger partial charge on any atom is -0.342 e. The van der Waals surface area contributed by atoms with Crippen LogP contribution in [0, 0.1) is 5.41 Å². The van der Waals surface area contributed by atoms with E-state index in [1.165, 1.54) is 0 Å². The molecular weight excluding hydrogens is 412 g/mol. The third-order valence-electron chi connectivity index (χ3n) is 6.83. The fourth-order valence-corrected chi connectivity index (χ4v) is 5.57. The predicted molar refractivity (Wildman–Crippen MR) is 122 cm³/mol. The van der Waals surface area contributed by atoms with Gasteiger partial charge in [-0.15, -0.1) is 5.10 Å². The molecule has 9 heteroatoms.